The van der Waals surface area contributed by atoms with E-state index in [-0.39, 0.29) is 28.1 Å². The van der Waals surface area contributed by atoms with Gasteiger partial charge in [0, 0.05) is 12.6 Å². The van der Waals surface area contributed by atoms with E-state index < -0.39 is 9.84 Å². The summed E-state index contributed by atoms with van der Waals surface area (Å²) >= 11 is 5.96. The number of pyridine rings is 1. The van der Waals surface area contributed by atoms with Crippen LogP contribution in [0.1, 0.15) is 5.82 Å². The summed E-state index contributed by atoms with van der Waals surface area (Å²) in [7, 11) is -3.38. The van der Waals surface area contributed by atoms with Crippen molar-refractivity contribution in [2.75, 3.05) is 5.75 Å². The highest BCUT2D eigenvalue weighted by Gasteiger charge is 2.17. The molecule has 0 bridgehead atoms. The van der Waals surface area contributed by atoms with Crippen molar-refractivity contribution in [3.05, 3.63) is 59.6 Å². The minimum atomic E-state index is -3.38. The predicted molar refractivity (Wildman–Crippen MR) is 84.7 cm³/mol. The van der Waals surface area contributed by atoms with Gasteiger partial charge >= 0.3 is 0 Å². The Morgan fingerprint density at radius 2 is 1.87 bits per heavy atom. The maximum Gasteiger partial charge on any atom is 0.261 e. The van der Waals surface area contributed by atoms with Crippen LogP contribution in [0.15, 0.2) is 58.1 Å². The largest absolute Gasteiger partial charge is 0.334 e. The molecule has 0 aliphatic rings. The van der Waals surface area contributed by atoms with E-state index >= 15 is 0 Å². The van der Waals surface area contributed by atoms with E-state index in [4.69, 9.17) is 16.1 Å². The van der Waals surface area contributed by atoms with E-state index in [1.807, 2.05) is 0 Å². The van der Waals surface area contributed by atoms with Crippen LogP contribution < -0.4 is 0 Å². The molecule has 0 spiro atoms. The number of hydrogen-bond donors (Lipinski definition) is 0. The molecular formula is C15H12ClN3O3S. The molecule has 2 aromatic heterocycles. The van der Waals surface area contributed by atoms with E-state index in [2.05, 4.69) is 15.1 Å². The molecule has 3 aromatic rings. The van der Waals surface area contributed by atoms with Gasteiger partial charge in [-0.3, -0.25) is 0 Å². The molecule has 23 heavy (non-hydrogen) atoms. The molecule has 0 aliphatic heterocycles. The second-order valence-corrected chi connectivity index (χ2v) is 7.21. The summed E-state index contributed by atoms with van der Waals surface area (Å²) in [4.78, 5) is 8.38. The fourth-order valence-corrected chi connectivity index (χ4v) is 3.44. The lowest BCUT2D eigenvalue weighted by Gasteiger charge is -2.01. The monoisotopic (exact) mass is 349 g/mol. The number of rotatable bonds is 5. The standard InChI is InChI=1S/C15H12ClN3O3S/c16-14-12(7-4-9-17-14)15-18-13(19-22-15)8-10-23(20,21)11-5-2-1-3-6-11/h1-7,9H,8,10H2. The van der Waals surface area contributed by atoms with Crippen molar-refractivity contribution in [1.29, 1.82) is 0 Å². The van der Waals surface area contributed by atoms with Gasteiger partial charge in [-0.05, 0) is 24.3 Å². The molecule has 0 saturated heterocycles. The Hall–Kier alpha value is -2.25. The van der Waals surface area contributed by atoms with Gasteiger partial charge in [0.1, 0.15) is 5.15 Å². The molecule has 118 valence electrons. The number of aromatic nitrogens is 3. The van der Waals surface area contributed by atoms with Crippen molar-refractivity contribution < 1.29 is 12.9 Å². The van der Waals surface area contributed by atoms with Gasteiger partial charge in [-0.1, -0.05) is 35.0 Å². The molecule has 0 atom stereocenters. The van der Waals surface area contributed by atoms with E-state index in [0.29, 0.717) is 11.4 Å². The maximum atomic E-state index is 12.2. The molecule has 3 rings (SSSR count). The lowest BCUT2D eigenvalue weighted by molar-refractivity contribution is 0.423. The normalized spacial score (nSPS) is 11.5. The molecule has 0 aliphatic carbocycles. The first-order valence-electron chi connectivity index (χ1n) is 6.77. The minimum absolute atomic E-state index is 0.100. The maximum absolute atomic E-state index is 12.2. The van der Waals surface area contributed by atoms with Crippen LogP contribution >= 0.6 is 11.6 Å². The Balaban J connectivity index is 1.74. The fourth-order valence-electron chi connectivity index (χ4n) is 1.98. The molecular weight excluding hydrogens is 338 g/mol. The second-order valence-electron chi connectivity index (χ2n) is 4.74. The van der Waals surface area contributed by atoms with Crippen LogP contribution in [0.2, 0.25) is 5.15 Å². The number of aryl methyl sites for hydroxylation is 1. The zero-order valence-electron chi connectivity index (χ0n) is 11.9. The topological polar surface area (TPSA) is 86.0 Å². The molecule has 0 unspecified atom stereocenters. The van der Waals surface area contributed by atoms with Gasteiger partial charge < -0.3 is 4.52 Å². The lowest BCUT2D eigenvalue weighted by atomic mass is 10.3. The van der Waals surface area contributed by atoms with Crippen LogP contribution in [0.4, 0.5) is 0 Å². The molecule has 0 radical (unpaired) electrons. The summed E-state index contributed by atoms with van der Waals surface area (Å²) in [5.41, 5.74) is 0.513. The summed E-state index contributed by atoms with van der Waals surface area (Å²) in [6, 6.07) is 11.7. The highest BCUT2D eigenvalue weighted by atomic mass is 35.5. The van der Waals surface area contributed by atoms with Crippen LogP contribution in [0.3, 0.4) is 0 Å². The first-order chi connectivity index (χ1) is 11.1. The third kappa shape index (κ3) is 3.57. The quantitative estimate of drug-likeness (QED) is 0.658. The average Bonchev–Trinajstić information content (AvgIpc) is 3.03. The molecule has 8 heteroatoms. The summed E-state index contributed by atoms with van der Waals surface area (Å²) in [5.74, 6) is 0.422. The van der Waals surface area contributed by atoms with Gasteiger partial charge in [-0.25, -0.2) is 13.4 Å². The smallest absolute Gasteiger partial charge is 0.261 e. The van der Waals surface area contributed by atoms with Gasteiger partial charge in [0.2, 0.25) is 0 Å². The van der Waals surface area contributed by atoms with Crippen molar-refractivity contribution in [1.82, 2.24) is 15.1 Å². The number of sulfone groups is 1. The summed E-state index contributed by atoms with van der Waals surface area (Å²) in [6.45, 7) is 0. The van der Waals surface area contributed by atoms with Gasteiger partial charge in [0.25, 0.3) is 5.89 Å². The van der Waals surface area contributed by atoms with Gasteiger partial charge in [-0.2, -0.15) is 4.98 Å². The van der Waals surface area contributed by atoms with Crippen molar-refractivity contribution in [3.63, 3.8) is 0 Å². The first kappa shape index (κ1) is 15.6. The molecule has 0 saturated carbocycles. The molecule has 2 heterocycles. The summed E-state index contributed by atoms with van der Waals surface area (Å²) < 4.78 is 29.6. The molecule has 0 amide bonds. The van der Waals surface area contributed by atoms with Crippen molar-refractivity contribution >= 4 is 21.4 Å². The molecule has 6 nitrogen and oxygen atoms in total. The number of benzene rings is 1. The second kappa shape index (κ2) is 6.47. The van der Waals surface area contributed by atoms with Crippen molar-refractivity contribution in [2.45, 2.75) is 11.3 Å². The van der Waals surface area contributed by atoms with Gasteiger partial charge in [-0.15, -0.1) is 0 Å². The Labute approximate surface area is 138 Å². The van der Waals surface area contributed by atoms with Crippen molar-refractivity contribution in [3.8, 4) is 11.5 Å². The Morgan fingerprint density at radius 1 is 1.09 bits per heavy atom. The third-order valence-corrected chi connectivity index (χ3v) is 5.19. The number of nitrogens with zero attached hydrogens (tertiary/aromatic N) is 3. The SMILES string of the molecule is O=S(=O)(CCc1noc(-c2cccnc2Cl)n1)c1ccccc1. The van der Waals surface area contributed by atoms with E-state index in [0.717, 1.165) is 0 Å². The summed E-state index contributed by atoms with van der Waals surface area (Å²) in [5, 5.41) is 4.04. The average molecular weight is 350 g/mol. The van der Waals surface area contributed by atoms with Crippen molar-refractivity contribution in [2.24, 2.45) is 0 Å². The van der Waals surface area contributed by atoms with Crippen LogP contribution in [-0.2, 0) is 16.3 Å². The van der Waals surface area contributed by atoms with Crippen LogP contribution in [-0.4, -0.2) is 29.3 Å². The molecule has 1 aromatic carbocycles. The number of hydrogen-bond acceptors (Lipinski definition) is 6. The minimum Gasteiger partial charge on any atom is -0.334 e. The zero-order chi connectivity index (χ0) is 16.3. The first-order valence-corrected chi connectivity index (χ1v) is 8.80. The zero-order valence-corrected chi connectivity index (χ0v) is 13.5. The Bertz CT molecular complexity index is 910. The molecule has 0 fully saturated rings. The lowest BCUT2D eigenvalue weighted by Crippen LogP contribution is -2.09. The third-order valence-electron chi connectivity index (χ3n) is 3.15. The Morgan fingerprint density at radius 3 is 2.61 bits per heavy atom. The van der Waals surface area contributed by atoms with Crippen LogP contribution in [0, 0.1) is 0 Å². The highest BCUT2D eigenvalue weighted by molar-refractivity contribution is 7.91. The Kier molecular flexibility index (Phi) is 4.40. The predicted octanol–water partition coefficient (Wildman–Crippen LogP) is 2.80. The van der Waals surface area contributed by atoms with E-state index in [1.165, 1.54) is 0 Å². The van der Waals surface area contributed by atoms with E-state index in [1.54, 1.807) is 48.7 Å². The van der Waals surface area contributed by atoms with Gasteiger partial charge in [0.15, 0.2) is 15.7 Å². The summed E-state index contributed by atoms with van der Waals surface area (Å²) in [6.07, 6.45) is 1.70. The van der Waals surface area contributed by atoms with E-state index in [9.17, 15) is 8.42 Å². The molecule has 0 N–H and O–H groups in total. The van der Waals surface area contributed by atoms with Crippen LogP contribution in [0.5, 0.6) is 0 Å². The number of halogens is 1. The van der Waals surface area contributed by atoms with Crippen LogP contribution in [0.25, 0.3) is 11.5 Å². The van der Waals surface area contributed by atoms with Gasteiger partial charge in [0.05, 0.1) is 16.2 Å². The highest BCUT2D eigenvalue weighted by Crippen LogP contribution is 2.24. The fraction of sp³-hybridized carbons (Fsp3) is 0.133.